The molecule has 0 radical (unpaired) electrons. The van der Waals surface area contributed by atoms with E-state index < -0.39 is 18.3 Å². The molecule has 4 rings (SSSR count). The molecule has 134 valence electrons. The minimum atomic E-state index is -4.91. The van der Waals surface area contributed by atoms with Gasteiger partial charge in [0.2, 0.25) is 5.13 Å². The first-order valence-corrected chi connectivity index (χ1v) is 8.76. The number of thiazole rings is 1. The summed E-state index contributed by atoms with van der Waals surface area (Å²) in [5.41, 5.74) is -2.04. The first kappa shape index (κ1) is 17.3. The maximum absolute atomic E-state index is 13.7. The van der Waals surface area contributed by atoms with E-state index in [1.807, 2.05) is 0 Å². The van der Waals surface area contributed by atoms with E-state index in [1.54, 1.807) is 48.5 Å². The maximum Gasteiger partial charge on any atom is 0.438 e. The molecule has 0 unspecified atom stereocenters. The van der Waals surface area contributed by atoms with Gasteiger partial charge in [0.15, 0.2) is 0 Å². The Morgan fingerprint density at radius 1 is 1.12 bits per heavy atom. The lowest BCUT2D eigenvalue weighted by molar-refractivity contribution is -0.254. The van der Waals surface area contributed by atoms with Gasteiger partial charge in [0, 0.05) is 5.02 Å². The molecule has 0 saturated heterocycles. The number of aliphatic hydroxyl groups is 1. The Hall–Kier alpha value is -2.16. The van der Waals surface area contributed by atoms with Crippen LogP contribution in [0.3, 0.4) is 0 Å². The van der Waals surface area contributed by atoms with Crippen molar-refractivity contribution in [2.45, 2.75) is 18.3 Å². The number of anilines is 1. The van der Waals surface area contributed by atoms with Crippen molar-refractivity contribution in [3.8, 4) is 0 Å². The van der Waals surface area contributed by atoms with Crippen molar-refractivity contribution in [1.29, 1.82) is 0 Å². The zero-order valence-corrected chi connectivity index (χ0v) is 14.6. The molecule has 26 heavy (non-hydrogen) atoms. The van der Waals surface area contributed by atoms with Crippen LogP contribution in [-0.4, -0.2) is 27.7 Å². The molecule has 4 nitrogen and oxygen atoms in total. The van der Waals surface area contributed by atoms with Crippen molar-refractivity contribution < 1.29 is 18.3 Å². The number of benzene rings is 2. The molecule has 3 aromatic rings. The summed E-state index contributed by atoms with van der Waals surface area (Å²) in [5, 5.41) is 15.5. The third-order valence-electron chi connectivity index (χ3n) is 4.08. The largest absolute Gasteiger partial charge is 0.438 e. The number of hydrogen-bond acceptors (Lipinski definition) is 5. The van der Waals surface area contributed by atoms with Gasteiger partial charge in [0.05, 0.1) is 22.3 Å². The number of alkyl halides is 3. The molecule has 2 aromatic carbocycles. The van der Waals surface area contributed by atoms with Gasteiger partial charge in [-0.15, -0.1) is 0 Å². The van der Waals surface area contributed by atoms with E-state index >= 15 is 0 Å². The summed E-state index contributed by atoms with van der Waals surface area (Å²) in [6.45, 7) is 0. The van der Waals surface area contributed by atoms with E-state index in [-0.39, 0.29) is 10.8 Å². The van der Waals surface area contributed by atoms with Crippen molar-refractivity contribution in [1.82, 2.24) is 4.98 Å². The van der Waals surface area contributed by atoms with Crippen LogP contribution >= 0.6 is 22.9 Å². The Morgan fingerprint density at radius 2 is 1.81 bits per heavy atom. The summed E-state index contributed by atoms with van der Waals surface area (Å²) < 4.78 is 41.8. The highest BCUT2D eigenvalue weighted by Gasteiger charge is 2.62. The third kappa shape index (κ3) is 2.74. The molecule has 1 aliphatic heterocycles. The number of rotatable bonds is 2. The van der Waals surface area contributed by atoms with Gasteiger partial charge in [-0.1, -0.05) is 47.2 Å². The van der Waals surface area contributed by atoms with E-state index in [9.17, 15) is 18.3 Å². The first-order chi connectivity index (χ1) is 12.3. The second kappa shape index (κ2) is 5.94. The van der Waals surface area contributed by atoms with Gasteiger partial charge < -0.3 is 5.11 Å². The molecule has 1 aromatic heterocycles. The standard InChI is InChI=1S/C17H11ClF3N3OS/c18-11-7-5-10(6-8-11)13-9-16(25,17(19,20)21)24(23-13)15-22-12-3-1-2-4-14(12)26-15/h1-8,25H,9H2/t16-/m1/s1. The van der Waals surface area contributed by atoms with Crippen LogP contribution in [0.25, 0.3) is 10.2 Å². The van der Waals surface area contributed by atoms with E-state index in [2.05, 4.69) is 10.1 Å². The van der Waals surface area contributed by atoms with Crippen LogP contribution in [0, 0.1) is 0 Å². The van der Waals surface area contributed by atoms with Gasteiger partial charge in [0.1, 0.15) is 0 Å². The fourth-order valence-electron chi connectivity index (χ4n) is 2.72. The summed E-state index contributed by atoms with van der Waals surface area (Å²) >= 11 is 6.87. The fourth-order valence-corrected chi connectivity index (χ4v) is 3.83. The van der Waals surface area contributed by atoms with Crippen LogP contribution in [0.5, 0.6) is 0 Å². The highest BCUT2D eigenvalue weighted by molar-refractivity contribution is 7.22. The molecule has 2 heterocycles. The quantitative estimate of drug-likeness (QED) is 0.674. The van der Waals surface area contributed by atoms with Gasteiger partial charge >= 0.3 is 6.18 Å². The zero-order chi connectivity index (χ0) is 18.5. The topological polar surface area (TPSA) is 48.7 Å². The summed E-state index contributed by atoms with van der Waals surface area (Å²) in [6.07, 6.45) is -5.61. The van der Waals surface area contributed by atoms with Gasteiger partial charge in [-0.05, 0) is 29.8 Å². The van der Waals surface area contributed by atoms with E-state index in [0.717, 1.165) is 11.3 Å². The highest BCUT2D eigenvalue weighted by atomic mass is 35.5. The number of aromatic nitrogens is 1. The Kier molecular flexibility index (Phi) is 3.94. The van der Waals surface area contributed by atoms with Crippen molar-refractivity contribution in [2.75, 3.05) is 5.01 Å². The SMILES string of the molecule is O[C@@]1(C(F)(F)F)CC(c2ccc(Cl)cc2)=NN1c1nc2ccccc2s1. The normalized spacial score (nSPS) is 20.7. The van der Waals surface area contributed by atoms with Crippen LogP contribution in [0.4, 0.5) is 18.3 Å². The molecular formula is C17H11ClF3N3OS. The smallest absolute Gasteiger partial charge is 0.362 e. The number of hydrogen-bond donors (Lipinski definition) is 1. The van der Waals surface area contributed by atoms with Crippen molar-refractivity contribution in [3.05, 3.63) is 59.1 Å². The molecule has 1 atom stereocenters. The average Bonchev–Trinajstić information content (AvgIpc) is 3.16. The van der Waals surface area contributed by atoms with Crippen molar-refractivity contribution >= 4 is 44.0 Å². The second-order valence-electron chi connectivity index (χ2n) is 5.82. The third-order valence-corrected chi connectivity index (χ3v) is 5.34. The van der Waals surface area contributed by atoms with E-state index in [0.29, 0.717) is 25.8 Å². The Labute approximate surface area is 155 Å². The minimum Gasteiger partial charge on any atom is -0.362 e. The van der Waals surface area contributed by atoms with E-state index in [4.69, 9.17) is 11.6 Å². The van der Waals surface area contributed by atoms with Gasteiger partial charge in [-0.3, -0.25) is 0 Å². The summed E-state index contributed by atoms with van der Waals surface area (Å²) in [4.78, 5) is 4.20. The molecule has 0 bridgehead atoms. The molecule has 9 heteroatoms. The first-order valence-electron chi connectivity index (χ1n) is 7.56. The maximum atomic E-state index is 13.7. The number of para-hydroxylation sites is 1. The van der Waals surface area contributed by atoms with Crippen LogP contribution in [0.2, 0.25) is 5.02 Å². The van der Waals surface area contributed by atoms with Gasteiger partial charge in [-0.2, -0.15) is 23.3 Å². The van der Waals surface area contributed by atoms with Crippen molar-refractivity contribution in [2.24, 2.45) is 5.10 Å². The van der Waals surface area contributed by atoms with Crippen molar-refractivity contribution in [3.63, 3.8) is 0 Å². The lowest BCUT2D eigenvalue weighted by Crippen LogP contribution is -2.55. The lowest BCUT2D eigenvalue weighted by atomic mass is 10.0. The molecule has 0 saturated carbocycles. The highest BCUT2D eigenvalue weighted by Crippen LogP contribution is 2.45. The van der Waals surface area contributed by atoms with Crippen LogP contribution in [0.15, 0.2) is 53.6 Å². The number of fused-ring (bicyclic) bond motifs is 1. The Morgan fingerprint density at radius 3 is 2.46 bits per heavy atom. The minimum absolute atomic E-state index is 0.0185. The predicted molar refractivity (Wildman–Crippen MR) is 95.7 cm³/mol. The average molecular weight is 398 g/mol. The predicted octanol–water partition coefficient (Wildman–Crippen LogP) is 4.82. The molecule has 0 amide bonds. The summed E-state index contributed by atoms with van der Waals surface area (Å²) in [6, 6.07) is 13.2. The lowest BCUT2D eigenvalue weighted by Gasteiger charge is -2.32. The van der Waals surface area contributed by atoms with Crippen LogP contribution in [0.1, 0.15) is 12.0 Å². The summed E-state index contributed by atoms with van der Waals surface area (Å²) in [5.74, 6) is 0. The fraction of sp³-hybridized carbons (Fsp3) is 0.176. The van der Waals surface area contributed by atoms with Gasteiger partial charge in [-0.25, -0.2) is 4.98 Å². The Balaban J connectivity index is 1.83. The molecular weight excluding hydrogens is 387 g/mol. The van der Waals surface area contributed by atoms with Crippen LogP contribution in [-0.2, 0) is 0 Å². The number of hydrazone groups is 1. The van der Waals surface area contributed by atoms with Gasteiger partial charge in [0.25, 0.3) is 5.72 Å². The molecule has 1 N–H and O–H groups in total. The summed E-state index contributed by atoms with van der Waals surface area (Å²) in [7, 11) is 0. The molecule has 0 aliphatic carbocycles. The Bertz CT molecular complexity index is 969. The monoisotopic (exact) mass is 397 g/mol. The van der Waals surface area contributed by atoms with Crippen LogP contribution < -0.4 is 5.01 Å². The second-order valence-corrected chi connectivity index (χ2v) is 7.27. The zero-order valence-electron chi connectivity index (χ0n) is 13.0. The molecule has 0 fully saturated rings. The molecule has 0 spiro atoms. The number of nitrogens with zero attached hydrogens (tertiary/aromatic N) is 3. The van der Waals surface area contributed by atoms with E-state index in [1.165, 1.54) is 0 Å². The number of halogens is 4. The molecule has 1 aliphatic rings.